The maximum Gasteiger partial charge on any atom is 0.425 e. The summed E-state index contributed by atoms with van der Waals surface area (Å²) in [6, 6.07) is 3.75. The summed E-state index contributed by atoms with van der Waals surface area (Å²) < 4.78 is 50.5. The van der Waals surface area contributed by atoms with Gasteiger partial charge < -0.3 is 19.5 Å². The van der Waals surface area contributed by atoms with Gasteiger partial charge in [-0.2, -0.15) is 23.1 Å². The van der Waals surface area contributed by atoms with E-state index in [4.69, 9.17) is 9.26 Å². The lowest BCUT2D eigenvalue weighted by Crippen LogP contribution is -2.48. The summed E-state index contributed by atoms with van der Waals surface area (Å²) in [6.07, 6.45) is -2.67. The fraction of sp³-hybridized carbons (Fsp3) is 0.579. The Hall–Kier alpha value is -3.05. The average molecular weight is 437 g/mol. The van der Waals surface area contributed by atoms with E-state index in [1.54, 1.807) is 19.2 Å². The molecule has 1 saturated heterocycles. The van der Waals surface area contributed by atoms with Crippen LogP contribution in [0.1, 0.15) is 25.6 Å². The van der Waals surface area contributed by atoms with Crippen molar-refractivity contribution in [2.75, 3.05) is 23.3 Å². The van der Waals surface area contributed by atoms with Crippen molar-refractivity contribution in [3.05, 3.63) is 24.2 Å². The SMILES string of the molecule is Cc1noc(N2C[C@H]3CC[C@@H](C2)C3Nc2nc3c(OC(C)C(F)(F)F)cccn3n2)n1. The third-order valence-electron chi connectivity index (χ3n) is 6.01. The Morgan fingerprint density at radius 2 is 1.97 bits per heavy atom. The lowest BCUT2D eigenvalue weighted by Gasteiger charge is -2.37. The first-order valence-electron chi connectivity index (χ1n) is 10.2. The van der Waals surface area contributed by atoms with Crippen molar-refractivity contribution in [3.63, 3.8) is 0 Å². The minimum atomic E-state index is -4.46. The third kappa shape index (κ3) is 3.74. The number of pyridine rings is 1. The largest absolute Gasteiger partial charge is 0.477 e. The Kier molecular flexibility index (Phi) is 4.67. The highest BCUT2D eigenvalue weighted by Crippen LogP contribution is 2.39. The normalized spacial score (nSPS) is 24.5. The van der Waals surface area contributed by atoms with E-state index in [1.165, 1.54) is 10.6 Å². The highest BCUT2D eigenvalue weighted by atomic mass is 19.4. The summed E-state index contributed by atoms with van der Waals surface area (Å²) in [5.74, 6) is 1.71. The number of halogens is 3. The summed E-state index contributed by atoms with van der Waals surface area (Å²) in [5.41, 5.74) is 0.243. The molecule has 2 aliphatic rings. The van der Waals surface area contributed by atoms with Gasteiger partial charge in [-0.05, 0) is 50.7 Å². The molecule has 4 heterocycles. The molecule has 31 heavy (non-hydrogen) atoms. The fourth-order valence-electron chi connectivity index (χ4n) is 4.47. The van der Waals surface area contributed by atoms with Gasteiger partial charge in [0.1, 0.15) is 0 Å². The van der Waals surface area contributed by atoms with Crippen molar-refractivity contribution >= 4 is 17.6 Å². The van der Waals surface area contributed by atoms with Crippen LogP contribution in [0.25, 0.3) is 5.65 Å². The molecule has 2 fully saturated rings. The van der Waals surface area contributed by atoms with Gasteiger partial charge >= 0.3 is 12.2 Å². The van der Waals surface area contributed by atoms with Crippen LogP contribution >= 0.6 is 0 Å². The van der Waals surface area contributed by atoms with Crippen LogP contribution in [0.5, 0.6) is 5.75 Å². The summed E-state index contributed by atoms with van der Waals surface area (Å²) in [5, 5.41) is 11.7. The minimum Gasteiger partial charge on any atom is -0.477 e. The molecule has 2 unspecified atom stereocenters. The number of ether oxygens (including phenoxy) is 1. The molecule has 3 aromatic heterocycles. The lowest BCUT2D eigenvalue weighted by molar-refractivity contribution is -0.189. The summed E-state index contributed by atoms with van der Waals surface area (Å²) in [6.45, 7) is 4.31. The molecule has 1 aliphatic heterocycles. The van der Waals surface area contributed by atoms with Gasteiger partial charge in [0.15, 0.2) is 23.3 Å². The van der Waals surface area contributed by atoms with E-state index >= 15 is 0 Å². The van der Waals surface area contributed by atoms with Crippen LogP contribution in [0.3, 0.4) is 0 Å². The Morgan fingerprint density at radius 1 is 1.23 bits per heavy atom. The number of fused-ring (bicyclic) bond motifs is 3. The van der Waals surface area contributed by atoms with Crippen LogP contribution in [-0.2, 0) is 0 Å². The first kappa shape index (κ1) is 19.9. The van der Waals surface area contributed by atoms with Crippen LogP contribution in [0, 0.1) is 18.8 Å². The molecule has 0 aromatic carbocycles. The van der Waals surface area contributed by atoms with Gasteiger partial charge in [-0.15, -0.1) is 5.10 Å². The monoisotopic (exact) mass is 437 g/mol. The summed E-state index contributed by atoms with van der Waals surface area (Å²) >= 11 is 0. The zero-order valence-corrected chi connectivity index (χ0v) is 17.0. The van der Waals surface area contributed by atoms with Crippen LogP contribution in [0.15, 0.2) is 22.9 Å². The number of aryl methyl sites for hydroxylation is 1. The number of piperidine rings is 1. The van der Waals surface area contributed by atoms with Crippen molar-refractivity contribution in [3.8, 4) is 5.75 Å². The number of rotatable bonds is 5. The van der Waals surface area contributed by atoms with Gasteiger partial charge in [0.05, 0.1) is 0 Å². The van der Waals surface area contributed by atoms with E-state index in [1.807, 2.05) is 0 Å². The molecular weight excluding hydrogens is 415 g/mol. The van der Waals surface area contributed by atoms with Crippen molar-refractivity contribution < 1.29 is 22.4 Å². The molecule has 4 atom stereocenters. The Morgan fingerprint density at radius 3 is 2.61 bits per heavy atom. The quantitative estimate of drug-likeness (QED) is 0.651. The van der Waals surface area contributed by atoms with E-state index in [0.29, 0.717) is 29.6 Å². The van der Waals surface area contributed by atoms with Gasteiger partial charge in [-0.3, -0.25) is 0 Å². The number of alkyl halides is 3. The third-order valence-corrected chi connectivity index (χ3v) is 6.01. The molecule has 0 amide bonds. The van der Waals surface area contributed by atoms with Crippen molar-refractivity contribution in [1.82, 2.24) is 24.7 Å². The maximum atomic E-state index is 12.9. The van der Waals surface area contributed by atoms with Gasteiger partial charge in [0, 0.05) is 25.3 Å². The van der Waals surface area contributed by atoms with Crippen molar-refractivity contribution in [2.24, 2.45) is 11.8 Å². The van der Waals surface area contributed by atoms with Crippen LogP contribution in [-0.4, -0.2) is 56.2 Å². The van der Waals surface area contributed by atoms with E-state index in [9.17, 15) is 13.2 Å². The first-order chi connectivity index (χ1) is 14.8. The molecule has 1 aliphatic carbocycles. The number of anilines is 2. The Labute approximate surface area is 175 Å². The van der Waals surface area contributed by atoms with Crippen LogP contribution in [0.4, 0.5) is 25.1 Å². The topological polar surface area (TPSA) is 93.6 Å². The fourth-order valence-corrected chi connectivity index (χ4v) is 4.47. The smallest absolute Gasteiger partial charge is 0.425 e. The molecule has 3 aromatic rings. The van der Waals surface area contributed by atoms with Crippen LogP contribution < -0.4 is 15.0 Å². The van der Waals surface area contributed by atoms with Gasteiger partial charge in [-0.1, -0.05) is 5.16 Å². The van der Waals surface area contributed by atoms with Gasteiger partial charge in [0.25, 0.3) is 0 Å². The Balaban J connectivity index is 1.33. The molecule has 9 nitrogen and oxygen atoms in total. The van der Waals surface area contributed by atoms with E-state index < -0.39 is 12.3 Å². The molecule has 12 heteroatoms. The highest BCUT2D eigenvalue weighted by molar-refractivity contribution is 5.56. The van der Waals surface area contributed by atoms with Crippen molar-refractivity contribution in [1.29, 1.82) is 0 Å². The summed E-state index contributed by atoms with van der Waals surface area (Å²) in [4.78, 5) is 10.9. The van der Waals surface area contributed by atoms with E-state index in [-0.39, 0.29) is 17.4 Å². The Bertz CT molecular complexity index is 1070. The van der Waals surface area contributed by atoms with Crippen molar-refractivity contribution in [2.45, 2.75) is 45.0 Å². The zero-order valence-electron chi connectivity index (χ0n) is 17.0. The minimum absolute atomic E-state index is 0.0393. The number of aromatic nitrogens is 5. The second-order valence-corrected chi connectivity index (χ2v) is 8.17. The number of nitrogens with zero attached hydrogens (tertiary/aromatic N) is 6. The molecule has 1 N–H and O–H groups in total. The molecule has 0 radical (unpaired) electrons. The number of hydrogen-bond donors (Lipinski definition) is 1. The molecule has 2 bridgehead atoms. The lowest BCUT2D eigenvalue weighted by atomic mass is 9.92. The number of nitrogens with one attached hydrogen (secondary N) is 1. The second kappa shape index (κ2) is 7.27. The molecular formula is C19H22F3N7O2. The first-order valence-corrected chi connectivity index (χ1v) is 10.2. The van der Waals surface area contributed by atoms with Gasteiger partial charge in [0.2, 0.25) is 5.95 Å². The second-order valence-electron chi connectivity index (χ2n) is 8.17. The molecule has 166 valence electrons. The molecule has 0 spiro atoms. The predicted octanol–water partition coefficient (Wildman–Crippen LogP) is 3.08. The predicted molar refractivity (Wildman–Crippen MR) is 104 cm³/mol. The highest BCUT2D eigenvalue weighted by Gasteiger charge is 2.44. The summed E-state index contributed by atoms with van der Waals surface area (Å²) in [7, 11) is 0. The maximum absolute atomic E-state index is 12.9. The standard InChI is InChI=1S/C19H22F3N7O2/c1-10(19(20,21)22)30-14-4-3-7-29-16(14)25-17(26-29)24-15-12-5-6-13(15)9-28(8-12)18-23-11(2)27-31-18/h3-4,7,10,12-13,15H,5-6,8-9H2,1-2H3,(H,24,26)/t10?,12-,13+,15?. The number of hydrogen-bond acceptors (Lipinski definition) is 8. The van der Waals surface area contributed by atoms with Gasteiger partial charge in [-0.25, -0.2) is 4.52 Å². The zero-order chi connectivity index (χ0) is 21.8. The van der Waals surface area contributed by atoms with Crippen LogP contribution in [0.2, 0.25) is 0 Å². The van der Waals surface area contributed by atoms with E-state index in [2.05, 4.69) is 30.4 Å². The average Bonchev–Trinajstić information content (AvgIpc) is 3.38. The molecule has 5 rings (SSSR count). The molecule has 1 saturated carbocycles. The van der Waals surface area contributed by atoms with E-state index in [0.717, 1.165) is 32.9 Å².